The summed E-state index contributed by atoms with van der Waals surface area (Å²) in [6.07, 6.45) is 0.379. The van der Waals surface area contributed by atoms with Gasteiger partial charge in [-0.05, 0) is 49.3 Å². The average Bonchev–Trinajstić information content (AvgIpc) is 3.25. The lowest BCUT2D eigenvalue weighted by Crippen LogP contribution is -2.14. The third-order valence-corrected chi connectivity index (χ3v) is 7.12. The summed E-state index contributed by atoms with van der Waals surface area (Å²) in [5, 5.41) is 10.7. The zero-order valence-electron chi connectivity index (χ0n) is 16.1. The van der Waals surface area contributed by atoms with E-state index in [1.54, 1.807) is 43.3 Å². The van der Waals surface area contributed by atoms with Crippen molar-refractivity contribution >= 4 is 23.5 Å². The van der Waals surface area contributed by atoms with Crippen molar-refractivity contribution in [1.29, 1.82) is 0 Å². The third-order valence-electron chi connectivity index (χ3n) is 5.83. The molecule has 2 aliphatic carbocycles. The van der Waals surface area contributed by atoms with Crippen molar-refractivity contribution in [3.05, 3.63) is 65.5 Å². The van der Waals surface area contributed by atoms with Crippen LogP contribution in [0.3, 0.4) is 0 Å². The molecular weight excluding hydrogens is 391 g/mol. The number of carbonyl (C=O) groups is 2. The molecule has 0 aliphatic heterocycles. The summed E-state index contributed by atoms with van der Waals surface area (Å²) < 4.78 is 19.5. The number of ketones is 1. The highest BCUT2D eigenvalue weighted by Crippen LogP contribution is 2.61. The predicted molar refractivity (Wildman–Crippen MR) is 108 cm³/mol. The van der Waals surface area contributed by atoms with Crippen LogP contribution in [0, 0.1) is 23.6 Å². The van der Waals surface area contributed by atoms with Gasteiger partial charge in [0.2, 0.25) is 0 Å². The lowest BCUT2D eigenvalue weighted by Gasteiger charge is -2.16. The molecule has 29 heavy (non-hydrogen) atoms. The molecule has 0 amide bonds. The van der Waals surface area contributed by atoms with E-state index in [-0.39, 0.29) is 23.0 Å². The van der Waals surface area contributed by atoms with Crippen LogP contribution >= 0.6 is 11.8 Å². The first-order valence-corrected chi connectivity index (χ1v) is 10.8. The van der Waals surface area contributed by atoms with Gasteiger partial charge in [-0.2, -0.15) is 0 Å². The van der Waals surface area contributed by atoms with Crippen molar-refractivity contribution in [2.45, 2.75) is 36.0 Å². The molecule has 0 aromatic heterocycles. The van der Waals surface area contributed by atoms with E-state index in [2.05, 4.69) is 0 Å². The molecular formula is C23H23FO4S. The van der Waals surface area contributed by atoms with Crippen LogP contribution in [0.1, 0.15) is 41.8 Å². The molecule has 2 fully saturated rings. The minimum atomic E-state index is -1.33. The Morgan fingerprint density at radius 1 is 1.17 bits per heavy atom. The SMILES string of the molecule is CCOC(=O)C1C2CC(Sc3cc(C(O)C(=O)c4ccccc4)ccc3F)CC21. The van der Waals surface area contributed by atoms with E-state index in [0.29, 0.717) is 34.5 Å². The van der Waals surface area contributed by atoms with Crippen molar-refractivity contribution in [3.8, 4) is 0 Å². The van der Waals surface area contributed by atoms with Crippen molar-refractivity contribution in [2.75, 3.05) is 6.61 Å². The number of thioether (sulfide) groups is 1. The van der Waals surface area contributed by atoms with Crippen LogP contribution in [0.2, 0.25) is 0 Å². The number of Topliss-reactive ketones (excluding diaryl/α,β-unsaturated/α-hetero) is 1. The van der Waals surface area contributed by atoms with Gasteiger partial charge in [0.1, 0.15) is 11.9 Å². The van der Waals surface area contributed by atoms with Crippen LogP contribution in [-0.2, 0) is 9.53 Å². The van der Waals surface area contributed by atoms with Gasteiger partial charge in [0, 0.05) is 15.7 Å². The Bertz CT molecular complexity index is 904. The number of ether oxygens (including phenoxy) is 1. The van der Waals surface area contributed by atoms with Crippen LogP contribution in [0.5, 0.6) is 0 Å². The Morgan fingerprint density at radius 3 is 2.52 bits per heavy atom. The zero-order chi connectivity index (χ0) is 20.5. The zero-order valence-corrected chi connectivity index (χ0v) is 16.9. The molecule has 6 heteroatoms. The normalized spacial score (nSPS) is 25.9. The number of carbonyl (C=O) groups excluding carboxylic acids is 2. The molecule has 4 nitrogen and oxygen atoms in total. The number of aliphatic hydroxyl groups is 1. The fourth-order valence-electron chi connectivity index (χ4n) is 4.35. The van der Waals surface area contributed by atoms with E-state index in [0.717, 1.165) is 12.8 Å². The van der Waals surface area contributed by atoms with Gasteiger partial charge >= 0.3 is 5.97 Å². The van der Waals surface area contributed by atoms with Gasteiger partial charge in [-0.15, -0.1) is 11.8 Å². The molecule has 3 atom stereocenters. The smallest absolute Gasteiger partial charge is 0.309 e. The van der Waals surface area contributed by atoms with E-state index in [9.17, 15) is 19.1 Å². The summed E-state index contributed by atoms with van der Waals surface area (Å²) in [5.74, 6) is -0.200. The highest BCUT2D eigenvalue weighted by atomic mass is 32.2. The maximum Gasteiger partial charge on any atom is 0.309 e. The first-order valence-electron chi connectivity index (χ1n) is 9.89. The number of fused-ring (bicyclic) bond motifs is 1. The summed E-state index contributed by atoms with van der Waals surface area (Å²) in [5.41, 5.74) is 0.801. The van der Waals surface area contributed by atoms with E-state index in [1.165, 1.54) is 23.9 Å². The monoisotopic (exact) mass is 414 g/mol. The second kappa shape index (κ2) is 8.28. The van der Waals surface area contributed by atoms with Crippen molar-refractivity contribution in [2.24, 2.45) is 17.8 Å². The summed E-state index contributed by atoms with van der Waals surface area (Å²) in [6, 6.07) is 12.9. The Hall–Kier alpha value is -2.18. The summed E-state index contributed by atoms with van der Waals surface area (Å²) in [4.78, 5) is 24.8. The molecule has 1 N–H and O–H groups in total. The Morgan fingerprint density at radius 2 is 1.86 bits per heavy atom. The molecule has 2 aromatic carbocycles. The van der Waals surface area contributed by atoms with Crippen LogP contribution < -0.4 is 0 Å². The fourth-order valence-corrected chi connectivity index (χ4v) is 5.73. The molecule has 2 saturated carbocycles. The van der Waals surface area contributed by atoms with Crippen molar-refractivity contribution in [3.63, 3.8) is 0 Å². The maximum atomic E-state index is 14.4. The molecule has 4 rings (SSSR count). The molecule has 2 aromatic rings. The van der Waals surface area contributed by atoms with Crippen LogP contribution in [-0.4, -0.2) is 28.7 Å². The first kappa shape index (κ1) is 20.1. The van der Waals surface area contributed by atoms with Crippen molar-refractivity contribution < 1.29 is 23.8 Å². The molecule has 0 bridgehead atoms. The van der Waals surface area contributed by atoms with Gasteiger partial charge < -0.3 is 9.84 Å². The largest absolute Gasteiger partial charge is 0.466 e. The minimum absolute atomic E-state index is 0.00768. The minimum Gasteiger partial charge on any atom is -0.466 e. The predicted octanol–water partition coefficient (Wildman–Crippen LogP) is 4.42. The quantitative estimate of drug-likeness (QED) is 0.537. The molecule has 2 aliphatic rings. The van der Waals surface area contributed by atoms with Gasteiger partial charge in [0.05, 0.1) is 12.5 Å². The lowest BCUT2D eigenvalue weighted by atomic mass is 10.00. The Labute approximate surface area is 173 Å². The summed E-state index contributed by atoms with van der Waals surface area (Å²) in [6.45, 7) is 2.20. The molecule has 0 saturated heterocycles. The van der Waals surface area contributed by atoms with E-state index in [4.69, 9.17) is 4.74 Å². The van der Waals surface area contributed by atoms with E-state index < -0.39 is 11.9 Å². The molecule has 0 heterocycles. The summed E-state index contributed by atoms with van der Waals surface area (Å²) >= 11 is 1.43. The van der Waals surface area contributed by atoms with Gasteiger partial charge in [-0.25, -0.2) is 4.39 Å². The van der Waals surface area contributed by atoms with Gasteiger partial charge in [0.25, 0.3) is 0 Å². The number of hydrogen-bond acceptors (Lipinski definition) is 5. The molecule has 0 radical (unpaired) electrons. The molecule has 3 unspecified atom stereocenters. The van der Waals surface area contributed by atoms with E-state index in [1.807, 2.05) is 0 Å². The number of halogens is 1. The standard InChI is InChI=1S/C23H23FO4S/c1-2-28-23(27)20-16-11-15(12-17(16)20)29-19-10-14(8-9-18(19)24)22(26)21(25)13-6-4-3-5-7-13/h3-10,15-17,20,22,26H,2,11-12H2,1H3. The number of rotatable bonds is 7. The Kier molecular flexibility index (Phi) is 5.74. The topological polar surface area (TPSA) is 63.6 Å². The number of aliphatic hydroxyl groups excluding tert-OH is 1. The molecule has 0 spiro atoms. The highest BCUT2D eigenvalue weighted by molar-refractivity contribution is 8.00. The lowest BCUT2D eigenvalue weighted by molar-refractivity contribution is -0.145. The van der Waals surface area contributed by atoms with Crippen LogP contribution in [0.25, 0.3) is 0 Å². The second-order valence-corrected chi connectivity index (χ2v) is 8.98. The summed E-state index contributed by atoms with van der Waals surface area (Å²) in [7, 11) is 0. The Balaban J connectivity index is 1.41. The second-order valence-electron chi connectivity index (χ2n) is 7.64. The maximum absolute atomic E-state index is 14.4. The highest BCUT2D eigenvalue weighted by Gasteiger charge is 2.60. The van der Waals surface area contributed by atoms with Crippen LogP contribution in [0.4, 0.5) is 4.39 Å². The number of benzene rings is 2. The van der Waals surface area contributed by atoms with Gasteiger partial charge in [0.15, 0.2) is 5.78 Å². The molecule has 152 valence electrons. The van der Waals surface area contributed by atoms with Gasteiger partial charge in [-0.1, -0.05) is 36.4 Å². The average molecular weight is 414 g/mol. The van der Waals surface area contributed by atoms with Crippen LogP contribution in [0.15, 0.2) is 53.4 Å². The first-order chi connectivity index (χ1) is 14.0. The third kappa shape index (κ3) is 4.09. The number of hydrogen-bond donors (Lipinski definition) is 1. The number of esters is 1. The van der Waals surface area contributed by atoms with Crippen molar-refractivity contribution in [1.82, 2.24) is 0 Å². The fraction of sp³-hybridized carbons (Fsp3) is 0.391. The van der Waals surface area contributed by atoms with E-state index >= 15 is 0 Å². The van der Waals surface area contributed by atoms with Gasteiger partial charge in [-0.3, -0.25) is 9.59 Å².